The molecular formula is C23H36O2. The highest BCUT2D eigenvalue weighted by Crippen LogP contribution is 2.25. The van der Waals surface area contributed by atoms with Gasteiger partial charge in [0.25, 0.3) is 0 Å². The summed E-state index contributed by atoms with van der Waals surface area (Å²) >= 11 is 0. The first kappa shape index (κ1) is 21.5. The second-order valence-electron chi connectivity index (χ2n) is 7.01. The van der Waals surface area contributed by atoms with Crippen LogP contribution in [0, 0.1) is 0 Å². The van der Waals surface area contributed by atoms with Crippen molar-refractivity contribution in [3.8, 4) is 0 Å². The quantitative estimate of drug-likeness (QED) is 0.288. The zero-order valence-corrected chi connectivity index (χ0v) is 16.2. The molecule has 2 heteroatoms. The Hall–Kier alpha value is -1.57. The molecule has 2 nitrogen and oxygen atoms in total. The lowest BCUT2D eigenvalue weighted by atomic mass is 9.92. The maximum atomic E-state index is 11.5. The molecule has 1 atom stereocenters. The minimum Gasteiger partial charge on any atom is -0.478 e. The lowest BCUT2D eigenvalue weighted by Crippen LogP contribution is -2.03. The van der Waals surface area contributed by atoms with Gasteiger partial charge in [-0.15, -0.1) is 0 Å². The molecular weight excluding hydrogens is 308 g/mol. The van der Waals surface area contributed by atoms with Crippen LogP contribution in [0.15, 0.2) is 42.0 Å². The van der Waals surface area contributed by atoms with Crippen LogP contribution in [-0.2, 0) is 4.79 Å². The zero-order chi connectivity index (χ0) is 18.3. The van der Waals surface area contributed by atoms with E-state index in [0.717, 1.165) is 25.7 Å². The maximum Gasteiger partial charge on any atom is 0.331 e. The minimum atomic E-state index is -0.745. The van der Waals surface area contributed by atoms with Gasteiger partial charge in [-0.3, -0.25) is 0 Å². The molecule has 0 aliphatic carbocycles. The Morgan fingerprint density at radius 3 is 2.12 bits per heavy atom. The summed E-state index contributed by atoms with van der Waals surface area (Å²) in [6, 6.07) is 10.4. The van der Waals surface area contributed by atoms with Crippen LogP contribution >= 0.6 is 0 Å². The highest BCUT2D eigenvalue weighted by atomic mass is 16.4. The zero-order valence-electron chi connectivity index (χ0n) is 16.2. The number of hydrogen-bond acceptors (Lipinski definition) is 1. The molecule has 0 saturated carbocycles. The Morgan fingerprint density at radius 1 is 0.960 bits per heavy atom. The molecule has 0 aromatic heterocycles. The lowest BCUT2D eigenvalue weighted by molar-refractivity contribution is -0.132. The van der Waals surface area contributed by atoms with Crippen molar-refractivity contribution in [1.29, 1.82) is 0 Å². The van der Waals surface area contributed by atoms with E-state index in [1.165, 1.54) is 44.1 Å². The Labute approximate surface area is 154 Å². The van der Waals surface area contributed by atoms with Crippen LogP contribution in [0.5, 0.6) is 0 Å². The van der Waals surface area contributed by atoms with Crippen molar-refractivity contribution in [3.05, 3.63) is 47.5 Å². The van der Waals surface area contributed by atoms with Gasteiger partial charge in [0.1, 0.15) is 0 Å². The number of hydrogen-bond donors (Lipinski definition) is 1. The fraction of sp³-hybridized carbons (Fsp3) is 0.609. The third kappa shape index (κ3) is 9.48. The third-order valence-electron chi connectivity index (χ3n) is 4.99. The number of carboxylic acids is 1. The van der Waals surface area contributed by atoms with Crippen LogP contribution in [0.2, 0.25) is 0 Å². The van der Waals surface area contributed by atoms with Gasteiger partial charge in [0, 0.05) is 5.57 Å². The van der Waals surface area contributed by atoms with Crippen molar-refractivity contribution in [2.75, 3.05) is 0 Å². The Bertz CT molecular complexity index is 490. The van der Waals surface area contributed by atoms with Crippen LogP contribution in [0.3, 0.4) is 0 Å². The first-order chi connectivity index (χ1) is 12.2. The summed E-state index contributed by atoms with van der Waals surface area (Å²) in [5.74, 6) is -0.333. The van der Waals surface area contributed by atoms with Gasteiger partial charge in [0.05, 0.1) is 0 Å². The van der Waals surface area contributed by atoms with Crippen LogP contribution < -0.4 is 0 Å². The van der Waals surface area contributed by atoms with Crippen molar-refractivity contribution in [2.45, 2.75) is 90.4 Å². The normalized spacial score (nSPS) is 13.0. The Morgan fingerprint density at radius 2 is 1.56 bits per heavy atom. The highest BCUT2D eigenvalue weighted by molar-refractivity contribution is 5.86. The maximum absolute atomic E-state index is 11.5. The Kier molecular flexibility index (Phi) is 11.8. The minimum absolute atomic E-state index is 0.411. The van der Waals surface area contributed by atoms with Gasteiger partial charge in [0.15, 0.2) is 0 Å². The largest absolute Gasteiger partial charge is 0.478 e. The van der Waals surface area contributed by atoms with Gasteiger partial charge >= 0.3 is 5.97 Å². The van der Waals surface area contributed by atoms with E-state index in [4.69, 9.17) is 0 Å². The van der Waals surface area contributed by atoms with E-state index in [0.29, 0.717) is 17.9 Å². The molecule has 25 heavy (non-hydrogen) atoms. The molecule has 1 rings (SSSR count). The molecule has 140 valence electrons. The van der Waals surface area contributed by atoms with Gasteiger partial charge in [-0.1, -0.05) is 95.2 Å². The van der Waals surface area contributed by atoms with Gasteiger partial charge in [-0.05, 0) is 37.2 Å². The number of aliphatic carboxylic acids is 1. The molecule has 0 bridgehead atoms. The van der Waals surface area contributed by atoms with Crippen molar-refractivity contribution >= 4 is 5.97 Å². The summed E-state index contributed by atoms with van der Waals surface area (Å²) in [4.78, 5) is 11.5. The van der Waals surface area contributed by atoms with Crippen molar-refractivity contribution in [1.82, 2.24) is 0 Å². The molecule has 0 heterocycles. The van der Waals surface area contributed by atoms with Crippen molar-refractivity contribution in [2.24, 2.45) is 0 Å². The monoisotopic (exact) mass is 344 g/mol. The average Bonchev–Trinajstić information content (AvgIpc) is 2.63. The summed E-state index contributed by atoms with van der Waals surface area (Å²) in [5.41, 5.74) is 1.90. The fourth-order valence-corrected chi connectivity index (χ4v) is 3.29. The van der Waals surface area contributed by atoms with Crippen LogP contribution in [0.1, 0.15) is 96.0 Å². The fourth-order valence-electron chi connectivity index (χ4n) is 3.29. The predicted octanol–water partition coefficient (Wildman–Crippen LogP) is 7.11. The molecule has 1 unspecified atom stereocenters. The summed E-state index contributed by atoms with van der Waals surface area (Å²) in [6.45, 7) is 4.41. The number of carboxylic acid groups (broad SMARTS) is 1. The van der Waals surface area contributed by atoms with E-state index in [2.05, 4.69) is 38.1 Å². The van der Waals surface area contributed by atoms with Crippen LogP contribution in [0.25, 0.3) is 0 Å². The number of rotatable bonds is 14. The van der Waals surface area contributed by atoms with E-state index < -0.39 is 5.97 Å². The molecule has 0 spiro atoms. The van der Waals surface area contributed by atoms with Gasteiger partial charge in [-0.25, -0.2) is 4.79 Å². The first-order valence-electron chi connectivity index (χ1n) is 10.2. The molecule has 1 aromatic rings. The molecule has 1 N–H and O–H groups in total. The van der Waals surface area contributed by atoms with Crippen molar-refractivity contribution in [3.63, 3.8) is 0 Å². The van der Waals surface area contributed by atoms with Crippen LogP contribution in [0.4, 0.5) is 0 Å². The molecule has 0 saturated heterocycles. The van der Waals surface area contributed by atoms with Gasteiger partial charge < -0.3 is 5.11 Å². The van der Waals surface area contributed by atoms with E-state index in [-0.39, 0.29) is 0 Å². The number of carbonyl (C=O) groups is 1. The number of unbranched alkanes of at least 4 members (excludes halogenated alkanes) is 7. The molecule has 0 amide bonds. The highest BCUT2D eigenvalue weighted by Gasteiger charge is 2.11. The van der Waals surface area contributed by atoms with E-state index in [1.807, 2.05) is 12.1 Å². The summed E-state index contributed by atoms with van der Waals surface area (Å²) in [6.07, 6.45) is 14.5. The van der Waals surface area contributed by atoms with Gasteiger partial charge in [-0.2, -0.15) is 0 Å². The number of allylic oxidation sites excluding steroid dienone is 1. The summed E-state index contributed by atoms with van der Waals surface area (Å²) in [7, 11) is 0. The predicted molar refractivity (Wildman–Crippen MR) is 107 cm³/mol. The molecule has 0 aliphatic heterocycles. The van der Waals surface area contributed by atoms with Crippen LogP contribution in [-0.4, -0.2) is 11.1 Å². The topological polar surface area (TPSA) is 37.3 Å². The molecule has 0 fully saturated rings. The smallest absolute Gasteiger partial charge is 0.331 e. The Balaban J connectivity index is 2.37. The molecule has 0 radical (unpaired) electrons. The molecule has 1 aromatic carbocycles. The van der Waals surface area contributed by atoms with Crippen molar-refractivity contribution < 1.29 is 9.90 Å². The second-order valence-corrected chi connectivity index (χ2v) is 7.01. The first-order valence-corrected chi connectivity index (χ1v) is 10.2. The third-order valence-corrected chi connectivity index (χ3v) is 4.99. The average molecular weight is 345 g/mol. The summed E-state index contributed by atoms with van der Waals surface area (Å²) in [5, 5.41) is 9.46. The van der Waals surface area contributed by atoms with Gasteiger partial charge in [0.2, 0.25) is 0 Å². The van der Waals surface area contributed by atoms with E-state index in [9.17, 15) is 9.90 Å². The summed E-state index contributed by atoms with van der Waals surface area (Å²) < 4.78 is 0. The van der Waals surface area contributed by atoms with E-state index in [1.54, 1.807) is 0 Å². The second kappa shape index (κ2) is 13.7. The SMILES string of the molecule is CCCCCCCCCC/C(=C\CC(CC)c1ccccc1)C(=O)O. The van der Waals surface area contributed by atoms with E-state index >= 15 is 0 Å². The molecule has 0 aliphatic rings. The lowest BCUT2D eigenvalue weighted by Gasteiger charge is -2.13. The number of benzene rings is 1. The standard InChI is InChI=1S/C23H36O2/c1-3-5-6-7-8-9-10-12-17-22(23(24)25)19-18-20(4-2)21-15-13-11-14-16-21/h11,13-16,19-20H,3-10,12,17-18H2,1-2H3,(H,24,25)/b22-19+.